The molecule has 0 radical (unpaired) electrons. The summed E-state index contributed by atoms with van der Waals surface area (Å²) in [7, 11) is 1.46. The number of hydrogen-bond acceptors (Lipinski definition) is 4. The fourth-order valence-electron chi connectivity index (χ4n) is 2.83. The van der Waals surface area contributed by atoms with E-state index in [1.807, 2.05) is 42.5 Å². The minimum Gasteiger partial charge on any atom is -0.399 e. The zero-order valence-electron chi connectivity index (χ0n) is 13.3. The van der Waals surface area contributed by atoms with E-state index in [0.29, 0.717) is 24.2 Å². The number of nitriles is 1. The Balaban J connectivity index is 1.80. The Kier molecular flexibility index (Phi) is 4.57. The van der Waals surface area contributed by atoms with E-state index in [4.69, 9.17) is 4.84 Å². The van der Waals surface area contributed by atoms with E-state index in [1.54, 1.807) is 12.1 Å². The molecule has 1 fully saturated rings. The van der Waals surface area contributed by atoms with Gasteiger partial charge in [0.05, 0.1) is 18.3 Å². The summed E-state index contributed by atoms with van der Waals surface area (Å²) in [6.07, 6.45) is 0.429. The van der Waals surface area contributed by atoms with Crippen LogP contribution in [0.25, 0.3) is 11.1 Å². The lowest BCUT2D eigenvalue weighted by Gasteiger charge is -2.18. The Morgan fingerprint density at radius 1 is 1.17 bits per heavy atom. The third kappa shape index (κ3) is 3.13. The first-order chi connectivity index (χ1) is 11.7. The molecule has 1 aliphatic heterocycles. The standard InChI is InChI=1S/C19H17N3O2/c1-24-21-17-11-18(12-20)22(13-17)19(23)16-9-7-15(8-10-16)14-5-3-2-4-6-14/h2-10,18H,11,13H2,1H3/b21-17-/t18-/m0/s1. The maximum absolute atomic E-state index is 12.7. The van der Waals surface area contributed by atoms with Gasteiger partial charge in [-0.2, -0.15) is 5.26 Å². The highest BCUT2D eigenvalue weighted by Crippen LogP contribution is 2.22. The van der Waals surface area contributed by atoms with E-state index in [0.717, 1.165) is 11.1 Å². The lowest BCUT2D eigenvalue weighted by atomic mass is 10.0. The van der Waals surface area contributed by atoms with Gasteiger partial charge in [0.15, 0.2) is 0 Å². The second-order valence-corrected chi connectivity index (χ2v) is 5.57. The summed E-state index contributed by atoms with van der Waals surface area (Å²) < 4.78 is 0. The van der Waals surface area contributed by atoms with Crippen molar-refractivity contribution in [1.82, 2.24) is 4.90 Å². The van der Waals surface area contributed by atoms with Crippen LogP contribution in [0.1, 0.15) is 16.8 Å². The molecule has 0 saturated carbocycles. The number of likely N-dealkylation sites (tertiary alicyclic amines) is 1. The van der Waals surface area contributed by atoms with Crippen molar-refractivity contribution in [2.75, 3.05) is 13.7 Å². The van der Waals surface area contributed by atoms with Gasteiger partial charge in [0.2, 0.25) is 0 Å². The Labute approximate surface area is 140 Å². The molecule has 0 N–H and O–H groups in total. The smallest absolute Gasteiger partial charge is 0.255 e. The first kappa shape index (κ1) is 15.8. The Morgan fingerprint density at radius 3 is 2.46 bits per heavy atom. The fraction of sp³-hybridized carbons (Fsp3) is 0.211. The van der Waals surface area contributed by atoms with Crippen LogP contribution in [0.4, 0.5) is 0 Å². The number of oxime groups is 1. The van der Waals surface area contributed by atoms with Crippen LogP contribution in [0, 0.1) is 11.3 Å². The summed E-state index contributed by atoms with van der Waals surface area (Å²) in [6.45, 7) is 0.325. The molecule has 1 saturated heterocycles. The first-order valence-corrected chi connectivity index (χ1v) is 7.68. The molecular formula is C19H17N3O2. The number of rotatable bonds is 3. The van der Waals surface area contributed by atoms with E-state index < -0.39 is 6.04 Å². The number of nitrogens with zero attached hydrogens (tertiary/aromatic N) is 3. The van der Waals surface area contributed by atoms with Gasteiger partial charge in [0.25, 0.3) is 5.91 Å². The Morgan fingerprint density at radius 2 is 1.83 bits per heavy atom. The van der Waals surface area contributed by atoms with Crippen LogP contribution in [0.3, 0.4) is 0 Å². The molecule has 0 unspecified atom stereocenters. The van der Waals surface area contributed by atoms with Gasteiger partial charge in [-0.3, -0.25) is 4.79 Å². The van der Waals surface area contributed by atoms with Crippen molar-refractivity contribution in [1.29, 1.82) is 5.26 Å². The number of carbonyl (C=O) groups is 1. The average Bonchev–Trinajstić information content (AvgIpc) is 3.05. The number of benzene rings is 2. The molecule has 1 aliphatic rings. The number of amides is 1. The van der Waals surface area contributed by atoms with Gasteiger partial charge < -0.3 is 9.74 Å². The van der Waals surface area contributed by atoms with Crippen LogP contribution in [-0.4, -0.2) is 36.2 Å². The van der Waals surface area contributed by atoms with Crippen molar-refractivity contribution in [3.63, 3.8) is 0 Å². The number of carbonyl (C=O) groups excluding carboxylic acids is 1. The monoisotopic (exact) mass is 319 g/mol. The summed E-state index contributed by atoms with van der Waals surface area (Å²) in [4.78, 5) is 19.0. The Hall–Kier alpha value is -3.13. The molecule has 0 aliphatic carbocycles. The molecule has 2 aromatic carbocycles. The fourth-order valence-corrected chi connectivity index (χ4v) is 2.83. The molecule has 24 heavy (non-hydrogen) atoms. The third-order valence-electron chi connectivity index (χ3n) is 4.03. The van der Waals surface area contributed by atoms with E-state index in [9.17, 15) is 10.1 Å². The largest absolute Gasteiger partial charge is 0.399 e. The Bertz CT molecular complexity index is 792. The van der Waals surface area contributed by atoms with Gasteiger partial charge in [0.1, 0.15) is 13.2 Å². The van der Waals surface area contributed by atoms with Crippen molar-refractivity contribution in [3.8, 4) is 17.2 Å². The predicted molar refractivity (Wildman–Crippen MR) is 91.4 cm³/mol. The van der Waals surface area contributed by atoms with Crippen LogP contribution in [0.5, 0.6) is 0 Å². The minimum atomic E-state index is -0.500. The predicted octanol–water partition coefficient (Wildman–Crippen LogP) is 3.09. The average molecular weight is 319 g/mol. The van der Waals surface area contributed by atoms with Crippen LogP contribution in [0.2, 0.25) is 0 Å². The van der Waals surface area contributed by atoms with E-state index >= 15 is 0 Å². The highest BCUT2D eigenvalue weighted by molar-refractivity contribution is 6.01. The van der Waals surface area contributed by atoms with Crippen LogP contribution in [-0.2, 0) is 4.84 Å². The van der Waals surface area contributed by atoms with Gasteiger partial charge >= 0.3 is 0 Å². The van der Waals surface area contributed by atoms with Crippen molar-refractivity contribution < 1.29 is 9.63 Å². The molecule has 2 aromatic rings. The maximum Gasteiger partial charge on any atom is 0.255 e. The zero-order chi connectivity index (χ0) is 16.9. The van der Waals surface area contributed by atoms with Gasteiger partial charge in [0, 0.05) is 12.0 Å². The molecule has 0 aromatic heterocycles. The molecular weight excluding hydrogens is 302 g/mol. The van der Waals surface area contributed by atoms with Crippen LogP contribution >= 0.6 is 0 Å². The quantitative estimate of drug-likeness (QED) is 0.817. The topological polar surface area (TPSA) is 65.7 Å². The van der Waals surface area contributed by atoms with E-state index in [-0.39, 0.29) is 5.91 Å². The molecule has 120 valence electrons. The molecule has 0 spiro atoms. The summed E-state index contributed by atoms with van der Waals surface area (Å²) >= 11 is 0. The van der Waals surface area contributed by atoms with Crippen LogP contribution < -0.4 is 0 Å². The van der Waals surface area contributed by atoms with Gasteiger partial charge in [-0.1, -0.05) is 47.6 Å². The molecule has 5 nitrogen and oxygen atoms in total. The van der Waals surface area contributed by atoms with Crippen molar-refractivity contribution in [2.24, 2.45) is 5.16 Å². The molecule has 1 atom stereocenters. The minimum absolute atomic E-state index is 0.164. The second kappa shape index (κ2) is 6.97. The van der Waals surface area contributed by atoms with E-state index in [2.05, 4.69) is 11.2 Å². The summed E-state index contributed by atoms with van der Waals surface area (Å²) in [6, 6.07) is 19.1. The lowest BCUT2D eigenvalue weighted by molar-refractivity contribution is 0.0769. The molecule has 0 bridgehead atoms. The number of hydrogen-bond donors (Lipinski definition) is 0. The third-order valence-corrected chi connectivity index (χ3v) is 4.03. The van der Waals surface area contributed by atoms with Crippen molar-refractivity contribution in [3.05, 3.63) is 60.2 Å². The van der Waals surface area contributed by atoms with Gasteiger partial charge in [-0.05, 0) is 23.3 Å². The molecule has 5 heteroatoms. The maximum atomic E-state index is 12.7. The molecule has 1 heterocycles. The summed E-state index contributed by atoms with van der Waals surface area (Å²) in [5, 5.41) is 13.1. The zero-order valence-corrected chi connectivity index (χ0v) is 13.3. The molecule has 1 amide bonds. The van der Waals surface area contributed by atoms with Crippen molar-refractivity contribution >= 4 is 11.6 Å². The SMILES string of the molecule is CO/N=C1/C[C@@H](C#N)N(C(=O)c2ccc(-c3ccccc3)cc2)C1. The second-order valence-electron chi connectivity index (χ2n) is 5.57. The first-order valence-electron chi connectivity index (χ1n) is 7.68. The van der Waals surface area contributed by atoms with E-state index in [1.165, 1.54) is 12.0 Å². The highest BCUT2D eigenvalue weighted by Gasteiger charge is 2.33. The van der Waals surface area contributed by atoms with Crippen molar-refractivity contribution in [2.45, 2.75) is 12.5 Å². The lowest BCUT2D eigenvalue weighted by Crippen LogP contribution is -2.34. The summed E-state index contributed by atoms with van der Waals surface area (Å²) in [5.41, 5.74) is 3.42. The molecule has 3 rings (SSSR count). The van der Waals surface area contributed by atoms with Crippen LogP contribution in [0.15, 0.2) is 59.8 Å². The summed E-state index contributed by atoms with van der Waals surface area (Å²) in [5.74, 6) is -0.164. The van der Waals surface area contributed by atoms with Gasteiger partial charge in [-0.15, -0.1) is 0 Å². The normalized spacial score (nSPS) is 18.4. The van der Waals surface area contributed by atoms with Gasteiger partial charge in [-0.25, -0.2) is 0 Å². The highest BCUT2D eigenvalue weighted by atomic mass is 16.6.